The van der Waals surface area contributed by atoms with Crippen LogP contribution in [-0.4, -0.2) is 28.0 Å². The van der Waals surface area contributed by atoms with Crippen LogP contribution in [0.5, 0.6) is 0 Å². The molecule has 1 unspecified atom stereocenters. The average Bonchev–Trinajstić information content (AvgIpc) is 3.03. The van der Waals surface area contributed by atoms with Crippen LogP contribution in [0.4, 0.5) is 5.69 Å². The number of hydrogen-bond donors (Lipinski definition) is 1. The lowest BCUT2D eigenvalue weighted by atomic mass is 9.91. The summed E-state index contributed by atoms with van der Waals surface area (Å²) in [5, 5.41) is 10.8. The maximum atomic E-state index is 10.8. The number of H-pyrrole nitrogens is 1. The summed E-state index contributed by atoms with van der Waals surface area (Å²) in [6.07, 6.45) is 1.61. The largest absolute Gasteiger partial charge is 0.467 e. The Bertz CT molecular complexity index is 842. The molecule has 2 aromatic carbocycles. The molecule has 7 nitrogen and oxygen atoms in total. The Kier molecular flexibility index (Phi) is 4.01. The zero-order valence-corrected chi connectivity index (χ0v) is 12.0. The fourth-order valence-electron chi connectivity index (χ4n) is 2.52. The number of nitro groups is 1. The highest BCUT2D eigenvalue weighted by Crippen LogP contribution is 2.28. The normalized spacial score (nSPS) is 12.0. The highest BCUT2D eigenvalue weighted by Gasteiger charge is 2.17. The highest BCUT2D eigenvalue weighted by atomic mass is 16.6. The van der Waals surface area contributed by atoms with E-state index in [4.69, 9.17) is 4.74 Å². The minimum atomic E-state index is -0.447. The SMILES string of the molecule is O=COCC(c1ccc([N+](=O)[O-])cc1)c1ccc2nc[nH]c2c1. The molecule has 0 aliphatic rings. The Labute approximate surface area is 131 Å². The lowest BCUT2D eigenvalue weighted by Gasteiger charge is -2.17. The number of fused-ring (bicyclic) bond motifs is 1. The zero-order valence-electron chi connectivity index (χ0n) is 12.0. The molecule has 1 atom stereocenters. The molecule has 0 saturated heterocycles. The first kappa shape index (κ1) is 14.7. The Morgan fingerprint density at radius 1 is 1.22 bits per heavy atom. The number of carbonyl (C=O) groups is 1. The molecule has 0 bridgehead atoms. The van der Waals surface area contributed by atoms with Crippen LogP contribution in [0.15, 0.2) is 48.8 Å². The van der Waals surface area contributed by atoms with E-state index in [-0.39, 0.29) is 18.2 Å². The van der Waals surface area contributed by atoms with Crippen molar-refractivity contribution < 1.29 is 14.5 Å². The number of benzene rings is 2. The van der Waals surface area contributed by atoms with Crippen molar-refractivity contribution in [1.29, 1.82) is 0 Å². The van der Waals surface area contributed by atoms with Crippen molar-refractivity contribution in [2.45, 2.75) is 5.92 Å². The van der Waals surface area contributed by atoms with Gasteiger partial charge in [0.25, 0.3) is 12.2 Å². The Balaban J connectivity index is 1.98. The monoisotopic (exact) mass is 311 g/mol. The van der Waals surface area contributed by atoms with Gasteiger partial charge in [0, 0.05) is 18.1 Å². The van der Waals surface area contributed by atoms with Crippen LogP contribution in [0.1, 0.15) is 17.0 Å². The molecule has 0 fully saturated rings. The van der Waals surface area contributed by atoms with Crippen LogP contribution in [0, 0.1) is 10.1 Å². The lowest BCUT2D eigenvalue weighted by Crippen LogP contribution is -2.09. The summed E-state index contributed by atoms with van der Waals surface area (Å²) >= 11 is 0. The van der Waals surface area contributed by atoms with E-state index in [1.807, 2.05) is 18.2 Å². The van der Waals surface area contributed by atoms with Crippen LogP contribution in [0.25, 0.3) is 11.0 Å². The molecule has 7 heteroatoms. The average molecular weight is 311 g/mol. The van der Waals surface area contributed by atoms with E-state index < -0.39 is 4.92 Å². The van der Waals surface area contributed by atoms with E-state index in [0.29, 0.717) is 6.47 Å². The number of ether oxygens (including phenoxy) is 1. The minimum absolute atomic E-state index is 0.0211. The van der Waals surface area contributed by atoms with Gasteiger partial charge in [0.15, 0.2) is 0 Å². The third kappa shape index (κ3) is 3.03. The number of rotatable bonds is 6. The molecular weight excluding hydrogens is 298 g/mol. The van der Waals surface area contributed by atoms with E-state index in [9.17, 15) is 14.9 Å². The Morgan fingerprint density at radius 2 is 1.96 bits per heavy atom. The Morgan fingerprint density at radius 3 is 2.65 bits per heavy atom. The lowest BCUT2D eigenvalue weighted by molar-refractivity contribution is -0.384. The summed E-state index contributed by atoms with van der Waals surface area (Å²) in [5.41, 5.74) is 3.50. The van der Waals surface area contributed by atoms with Gasteiger partial charge in [0.1, 0.15) is 6.61 Å². The molecule has 0 radical (unpaired) electrons. The molecule has 0 aliphatic heterocycles. The van der Waals surface area contributed by atoms with E-state index in [1.54, 1.807) is 18.5 Å². The van der Waals surface area contributed by atoms with Gasteiger partial charge in [-0.2, -0.15) is 0 Å². The minimum Gasteiger partial charge on any atom is -0.467 e. The van der Waals surface area contributed by atoms with Gasteiger partial charge in [-0.15, -0.1) is 0 Å². The Hall–Kier alpha value is -3.22. The van der Waals surface area contributed by atoms with Gasteiger partial charge in [-0.3, -0.25) is 14.9 Å². The first-order valence-corrected chi connectivity index (χ1v) is 6.91. The summed E-state index contributed by atoms with van der Waals surface area (Å²) < 4.78 is 4.94. The molecule has 116 valence electrons. The molecule has 23 heavy (non-hydrogen) atoms. The fourth-order valence-corrected chi connectivity index (χ4v) is 2.52. The molecule has 3 rings (SSSR count). The second-order valence-corrected chi connectivity index (χ2v) is 5.01. The topological polar surface area (TPSA) is 98.1 Å². The molecule has 1 aromatic heterocycles. The first-order valence-electron chi connectivity index (χ1n) is 6.91. The number of imidazole rings is 1. The van der Waals surface area contributed by atoms with Crippen molar-refractivity contribution in [2.75, 3.05) is 6.61 Å². The number of aromatic amines is 1. The molecule has 3 aromatic rings. The van der Waals surface area contributed by atoms with Crippen molar-refractivity contribution >= 4 is 23.2 Å². The van der Waals surface area contributed by atoms with Crippen molar-refractivity contribution in [3.8, 4) is 0 Å². The van der Waals surface area contributed by atoms with E-state index in [0.717, 1.165) is 22.2 Å². The summed E-state index contributed by atoms with van der Waals surface area (Å²) in [4.78, 5) is 28.1. The highest BCUT2D eigenvalue weighted by molar-refractivity contribution is 5.75. The molecule has 0 spiro atoms. The molecule has 0 saturated carbocycles. The number of aromatic nitrogens is 2. The number of nitro benzene ring substituents is 1. The second-order valence-electron chi connectivity index (χ2n) is 5.01. The molecular formula is C16H13N3O4. The van der Waals surface area contributed by atoms with Gasteiger partial charge in [-0.25, -0.2) is 4.98 Å². The van der Waals surface area contributed by atoms with Gasteiger partial charge in [0.05, 0.1) is 22.3 Å². The molecule has 0 amide bonds. The van der Waals surface area contributed by atoms with E-state index in [1.165, 1.54) is 12.1 Å². The predicted octanol–water partition coefficient (Wildman–Crippen LogP) is 2.78. The molecule has 1 heterocycles. The van der Waals surface area contributed by atoms with Crippen molar-refractivity contribution in [3.63, 3.8) is 0 Å². The zero-order chi connectivity index (χ0) is 16.2. The van der Waals surface area contributed by atoms with Crippen molar-refractivity contribution in [3.05, 3.63) is 70.0 Å². The summed E-state index contributed by atoms with van der Waals surface area (Å²) in [6, 6.07) is 11.9. The second kappa shape index (κ2) is 6.27. The smallest absolute Gasteiger partial charge is 0.293 e. The van der Waals surface area contributed by atoms with Gasteiger partial charge in [-0.1, -0.05) is 18.2 Å². The number of carbonyl (C=O) groups excluding carboxylic acids is 1. The van der Waals surface area contributed by atoms with Gasteiger partial charge in [-0.05, 0) is 23.3 Å². The summed E-state index contributed by atoms with van der Waals surface area (Å²) in [7, 11) is 0. The summed E-state index contributed by atoms with van der Waals surface area (Å²) in [6.45, 7) is 0.550. The van der Waals surface area contributed by atoms with E-state index >= 15 is 0 Å². The maximum Gasteiger partial charge on any atom is 0.293 e. The van der Waals surface area contributed by atoms with E-state index in [2.05, 4.69) is 9.97 Å². The van der Waals surface area contributed by atoms with Crippen molar-refractivity contribution in [2.24, 2.45) is 0 Å². The standard InChI is InChI=1S/C16H13N3O4/c20-10-23-8-14(11-1-4-13(5-2-11)19(21)22)12-3-6-15-16(7-12)18-9-17-15/h1-7,9-10,14H,8H2,(H,17,18). The first-order chi connectivity index (χ1) is 11.2. The third-order valence-electron chi connectivity index (χ3n) is 3.68. The van der Waals surface area contributed by atoms with Crippen LogP contribution in [-0.2, 0) is 9.53 Å². The van der Waals surface area contributed by atoms with Crippen LogP contribution >= 0.6 is 0 Å². The number of nitrogens with one attached hydrogen (secondary N) is 1. The number of hydrogen-bond acceptors (Lipinski definition) is 5. The molecule has 1 N–H and O–H groups in total. The molecule has 0 aliphatic carbocycles. The maximum absolute atomic E-state index is 10.8. The fraction of sp³-hybridized carbons (Fsp3) is 0.125. The van der Waals surface area contributed by atoms with Crippen LogP contribution in [0.2, 0.25) is 0 Å². The summed E-state index contributed by atoms with van der Waals surface area (Å²) in [5.74, 6) is -0.214. The van der Waals surface area contributed by atoms with Gasteiger partial charge >= 0.3 is 0 Å². The quantitative estimate of drug-likeness (QED) is 0.429. The number of non-ortho nitro benzene ring substituents is 1. The van der Waals surface area contributed by atoms with Crippen LogP contribution < -0.4 is 0 Å². The van der Waals surface area contributed by atoms with Crippen molar-refractivity contribution in [1.82, 2.24) is 9.97 Å². The number of nitrogens with zero attached hydrogens (tertiary/aromatic N) is 2. The predicted molar refractivity (Wildman–Crippen MR) is 83.0 cm³/mol. The van der Waals surface area contributed by atoms with Gasteiger partial charge in [0.2, 0.25) is 0 Å². The van der Waals surface area contributed by atoms with Gasteiger partial charge < -0.3 is 9.72 Å². The van der Waals surface area contributed by atoms with Crippen LogP contribution in [0.3, 0.4) is 0 Å². The third-order valence-corrected chi connectivity index (χ3v) is 3.68.